The Hall–Kier alpha value is -6.43. The second-order valence-electron chi connectivity index (χ2n) is 15.3. The lowest BCUT2D eigenvalue weighted by Gasteiger charge is -2.16. The Morgan fingerprint density at radius 2 is 0.944 bits per heavy atom. The van der Waals surface area contributed by atoms with Gasteiger partial charge in [-0.05, 0) is 118 Å². The van der Waals surface area contributed by atoms with Gasteiger partial charge in [-0.1, -0.05) is 59.6 Å². The number of hydrogen-bond donors (Lipinski definition) is 4. The molecule has 4 N–H and O–H groups in total. The molecule has 2 atom stereocenters. The van der Waals surface area contributed by atoms with E-state index in [1.54, 1.807) is 24.3 Å². The number of carbonyl (C=O) groups is 6. The Balaban J connectivity index is 1.29. The number of aryl methyl sites for hydroxylation is 3. The Bertz CT molecular complexity index is 2850. The Morgan fingerprint density at radius 3 is 1.37 bits per heavy atom. The molecule has 0 aliphatic rings. The van der Waals surface area contributed by atoms with E-state index in [0.29, 0.717) is 66.3 Å². The van der Waals surface area contributed by atoms with Crippen molar-refractivity contribution in [2.45, 2.75) is 59.0 Å². The molecule has 71 heavy (non-hydrogen) atoms. The van der Waals surface area contributed by atoms with E-state index in [2.05, 4.69) is 41.7 Å². The lowest BCUT2D eigenvalue weighted by Crippen LogP contribution is -2.32. The third kappa shape index (κ3) is 14.8. The number of halogens is 5. The molecule has 0 aromatic heterocycles. The summed E-state index contributed by atoms with van der Waals surface area (Å²) in [6, 6.07) is 20.7. The fraction of sp³-hybridized carbons (Fsp3) is 0.280. The summed E-state index contributed by atoms with van der Waals surface area (Å²) in [6.07, 6.45) is 1.23. The van der Waals surface area contributed by atoms with Crippen molar-refractivity contribution in [1.29, 1.82) is 0 Å². The molecule has 21 heteroatoms. The number of alkyl halides is 3. The van der Waals surface area contributed by atoms with Crippen molar-refractivity contribution in [3.8, 4) is 11.5 Å². The van der Waals surface area contributed by atoms with Crippen molar-refractivity contribution >= 4 is 127 Å². The summed E-state index contributed by atoms with van der Waals surface area (Å²) in [4.78, 5) is 79.6. The number of benzene rings is 5. The number of carbonyl (C=O) groups excluding carboxylic acids is 6. The van der Waals surface area contributed by atoms with Crippen molar-refractivity contribution in [2.24, 2.45) is 20.5 Å². The number of para-hydroxylation sites is 2. The molecular weight excluding hydrogens is 1020 g/mol. The normalized spacial score (nSPS) is 12.0. The number of hydrogen-bond acceptors (Lipinski definition) is 12. The molecule has 5 aromatic carbocycles. The SMILES string of the molecule is CCOc1c(CCCl)cccc1NC(=O)c1cccc(N=NC(C(C)=O)C(=O)Nc2ccc(NC(=O)C(N=Nc3cccc(C(=O)Nc4cccc(CCCl)c4OCC)c3Cl)C(C)=O)c(CCCl)c2)c1Cl. The Labute approximate surface area is 435 Å². The molecule has 0 fully saturated rings. The number of ketones is 2. The van der Waals surface area contributed by atoms with Gasteiger partial charge in [0.2, 0.25) is 12.1 Å². The van der Waals surface area contributed by atoms with E-state index < -0.39 is 47.3 Å². The number of Topliss-reactive ketones (excluding diaryl/α,β-unsaturated/α-hetero) is 2. The van der Waals surface area contributed by atoms with E-state index in [0.717, 1.165) is 25.0 Å². The largest absolute Gasteiger partial charge is 0.491 e. The summed E-state index contributed by atoms with van der Waals surface area (Å²) in [5, 5.41) is 27.0. The summed E-state index contributed by atoms with van der Waals surface area (Å²) in [5.41, 5.74) is 3.48. The third-order valence-corrected chi connectivity index (χ3v) is 11.6. The number of azo groups is 2. The first-order chi connectivity index (χ1) is 34.1. The quantitative estimate of drug-likeness (QED) is 0.0264. The molecule has 0 heterocycles. The fourth-order valence-corrected chi connectivity index (χ4v) is 8.02. The van der Waals surface area contributed by atoms with Gasteiger partial charge in [0.25, 0.3) is 23.6 Å². The van der Waals surface area contributed by atoms with Gasteiger partial charge in [0.1, 0.15) is 22.9 Å². The van der Waals surface area contributed by atoms with E-state index in [-0.39, 0.29) is 56.2 Å². The van der Waals surface area contributed by atoms with Crippen molar-refractivity contribution < 1.29 is 38.2 Å². The van der Waals surface area contributed by atoms with E-state index in [1.807, 2.05) is 26.0 Å². The molecule has 0 saturated heterocycles. The Kier molecular flexibility index (Phi) is 21.3. The first kappa shape index (κ1) is 55.5. The van der Waals surface area contributed by atoms with E-state index in [9.17, 15) is 28.8 Å². The minimum Gasteiger partial charge on any atom is -0.491 e. The van der Waals surface area contributed by atoms with Crippen LogP contribution in [0.4, 0.5) is 34.1 Å². The maximum Gasteiger partial charge on any atom is 0.258 e. The van der Waals surface area contributed by atoms with E-state index in [4.69, 9.17) is 67.5 Å². The summed E-state index contributed by atoms with van der Waals surface area (Å²) in [7, 11) is 0. The van der Waals surface area contributed by atoms with Gasteiger partial charge in [-0.15, -0.1) is 34.8 Å². The fourth-order valence-electron chi connectivity index (χ4n) is 6.91. The van der Waals surface area contributed by atoms with Gasteiger partial charge in [-0.25, -0.2) is 0 Å². The molecule has 0 spiro atoms. The molecule has 0 saturated carbocycles. The predicted molar refractivity (Wildman–Crippen MR) is 279 cm³/mol. The van der Waals surface area contributed by atoms with Crippen LogP contribution in [0.25, 0.3) is 0 Å². The summed E-state index contributed by atoms with van der Waals surface area (Å²) >= 11 is 31.3. The number of ether oxygens (including phenoxy) is 2. The molecular formula is C50H49Cl5N8O8. The molecule has 0 bridgehead atoms. The van der Waals surface area contributed by atoms with Gasteiger partial charge in [0.05, 0.1) is 45.8 Å². The first-order valence-electron chi connectivity index (χ1n) is 22.1. The van der Waals surface area contributed by atoms with Crippen LogP contribution in [-0.2, 0) is 38.4 Å². The first-order valence-corrected chi connectivity index (χ1v) is 24.5. The zero-order valence-electron chi connectivity index (χ0n) is 38.9. The number of nitrogens with one attached hydrogen (secondary N) is 4. The highest BCUT2D eigenvalue weighted by Gasteiger charge is 2.27. The smallest absolute Gasteiger partial charge is 0.258 e. The van der Waals surface area contributed by atoms with Crippen molar-refractivity contribution in [3.63, 3.8) is 0 Å². The predicted octanol–water partition coefficient (Wildman–Crippen LogP) is 12.0. The maximum atomic E-state index is 13.6. The van der Waals surface area contributed by atoms with Crippen LogP contribution in [0.3, 0.4) is 0 Å². The summed E-state index contributed by atoms with van der Waals surface area (Å²) in [6.45, 7) is 6.67. The van der Waals surface area contributed by atoms with Crippen molar-refractivity contribution in [3.05, 3.63) is 129 Å². The molecule has 372 valence electrons. The van der Waals surface area contributed by atoms with Gasteiger partial charge in [-0.3, -0.25) is 28.8 Å². The zero-order chi connectivity index (χ0) is 51.6. The average Bonchev–Trinajstić information content (AvgIpc) is 3.33. The highest BCUT2D eigenvalue weighted by Crippen LogP contribution is 2.35. The molecule has 5 rings (SSSR count). The highest BCUT2D eigenvalue weighted by molar-refractivity contribution is 6.37. The number of amides is 4. The lowest BCUT2D eigenvalue weighted by molar-refractivity contribution is -0.127. The second kappa shape index (κ2) is 27.2. The average molecular weight is 1070 g/mol. The monoisotopic (exact) mass is 1060 g/mol. The van der Waals surface area contributed by atoms with Gasteiger partial charge in [-0.2, -0.15) is 20.5 Å². The molecule has 4 amide bonds. The number of rotatable bonds is 24. The maximum absolute atomic E-state index is 13.6. The Morgan fingerprint density at radius 1 is 0.521 bits per heavy atom. The van der Waals surface area contributed by atoms with E-state index in [1.165, 1.54) is 54.6 Å². The molecule has 16 nitrogen and oxygen atoms in total. The van der Waals surface area contributed by atoms with Gasteiger partial charge >= 0.3 is 0 Å². The van der Waals surface area contributed by atoms with Crippen LogP contribution in [0.2, 0.25) is 10.0 Å². The molecule has 0 aliphatic heterocycles. The van der Waals surface area contributed by atoms with Crippen LogP contribution < -0.4 is 30.7 Å². The molecule has 0 radical (unpaired) electrons. The van der Waals surface area contributed by atoms with Gasteiger partial charge in [0.15, 0.2) is 11.6 Å². The molecule has 0 aliphatic carbocycles. The second-order valence-corrected chi connectivity index (χ2v) is 17.2. The standard InChI is InChI=1S/C50H49Cl5N8O8/c1-5-70-45-30(21-24-51)11-7-17-39(45)58-47(66)34-13-9-15-37(41(34)54)60-62-43(28(3)64)49(68)56-33-19-20-36(32(27-33)23-26-53)57-50(69)44(29(4)65)63-61-38-16-10-14-35(42(38)55)48(67)59-40-18-8-12-31(22-25-52)46(40)71-6-2/h7-20,27,43-44H,5-6,21-26H2,1-4H3,(H,56,68)(H,57,69)(H,58,66)(H,59,67). The van der Waals surface area contributed by atoms with Crippen molar-refractivity contribution in [1.82, 2.24) is 0 Å². The van der Waals surface area contributed by atoms with Gasteiger partial charge < -0.3 is 30.7 Å². The molecule has 2 unspecified atom stereocenters. The van der Waals surface area contributed by atoms with Crippen LogP contribution in [0.5, 0.6) is 11.5 Å². The topological polar surface area (TPSA) is 218 Å². The van der Waals surface area contributed by atoms with Crippen LogP contribution in [0.1, 0.15) is 65.1 Å². The number of nitrogens with zero attached hydrogens (tertiary/aromatic N) is 4. The third-order valence-electron chi connectivity index (χ3n) is 10.3. The zero-order valence-corrected chi connectivity index (χ0v) is 42.7. The minimum absolute atomic E-state index is 0.0163. The number of anilines is 4. The van der Waals surface area contributed by atoms with Gasteiger partial charge in [0, 0.05) is 29.0 Å². The van der Waals surface area contributed by atoms with Crippen LogP contribution in [-0.4, -0.2) is 78.1 Å². The van der Waals surface area contributed by atoms with Crippen LogP contribution in [0, 0.1) is 0 Å². The highest BCUT2D eigenvalue weighted by atomic mass is 35.5. The van der Waals surface area contributed by atoms with E-state index >= 15 is 0 Å². The van der Waals surface area contributed by atoms with Crippen molar-refractivity contribution in [2.75, 3.05) is 52.1 Å². The van der Waals surface area contributed by atoms with Crippen LogP contribution in [0.15, 0.2) is 111 Å². The van der Waals surface area contributed by atoms with Crippen LogP contribution >= 0.6 is 58.0 Å². The minimum atomic E-state index is -1.64. The molecule has 5 aromatic rings. The summed E-state index contributed by atoms with van der Waals surface area (Å²) < 4.78 is 11.6. The lowest BCUT2D eigenvalue weighted by atomic mass is 10.1. The summed E-state index contributed by atoms with van der Waals surface area (Å²) in [5.74, 6) is -2.38.